The largest absolute Gasteiger partial charge is 0.341 e. The van der Waals surface area contributed by atoms with Crippen LogP contribution in [0.4, 0.5) is 0 Å². The van der Waals surface area contributed by atoms with E-state index in [0.29, 0.717) is 32.6 Å². The van der Waals surface area contributed by atoms with E-state index in [1.165, 1.54) is 6.92 Å². The monoisotopic (exact) mass is 329 g/mol. The zero-order valence-electron chi connectivity index (χ0n) is 14.2. The van der Waals surface area contributed by atoms with Crippen molar-refractivity contribution in [3.63, 3.8) is 0 Å². The van der Waals surface area contributed by atoms with Gasteiger partial charge in [-0.25, -0.2) is 0 Å². The lowest BCUT2D eigenvalue weighted by Crippen LogP contribution is -2.59. The molecule has 0 N–H and O–H groups in total. The van der Waals surface area contributed by atoms with Gasteiger partial charge in [0.05, 0.1) is 0 Å². The van der Waals surface area contributed by atoms with Gasteiger partial charge >= 0.3 is 0 Å². The van der Waals surface area contributed by atoms with Crippen LogP contribution in [0.2, 0.25) is 0 Å². The lowest BCUT2D eigenvalue weighted by atomic mass is 10.1. The summed E-state index contributed by atoms with van der Waals surface area (Å²) in [6.07, 6.45) is 0.508. The molecule has 3 amide bonds. The van der Waals surface area contributed by atoms with E-state index in [1.807, 2.05) is 31.2 Å². The lowest BCUT2D eigenvalue weighted by molar-refractivity contribution is -0.156. The van der Waals surface area contributed by atoms with Gasteiger partial charge in [0, 0.05) is 33.1 Å². The zero-order valence-corrected chi connectivity index (χ0v) is 14.2. The fraction of sp³-hybridized carbons (Fsp3) is 0.500. The van der Waals surface area contributed by atoms with Crippen molar-refractivity contribution in [1.82, 2.24) is 14.7 Å². The molecule has 0 spiro atoms. The Labute approximate surface area is 142 Å². The molecule has 2 saturated heterocycles. The van der Waals surface area contributed by atoms with Crippen LogP contribution < -0.4 is 0 Å². The van der Waals surface area contributed by atoms with Gasteiger partial charge in [-0.2, -0.15) is 0 Å². The Bertz CT molecular complexity index is 673. The van der Waals surface area contributed by atoms with E-state index in [9.17, 15) is 14.4 Å². The SMILES string of the molecule is CC(=O)N1CCC2C(=O)N(Cc3cccc(C)c3)CC(=O)N2CC1. The molecular weight excluding hydrogens is 306 g/mol. The lowest BCUT2D eigenvalue weighted by Gasteiger charge is -2.39. The standard InChI is InChI=1S/C18H23N3O3/c1-13-4-3-5-15(10-13)11-20-12-17(23)21-9-8-19(14(2)22)7-6-16(21)18(20)24/h3-5,10,16H,6-9,11-12H2,1-2H3. The molecule has 128 valence electrons. The topological polar surface area (TPSA) is 60.9 Å². The maximum absolute atomic E-state index is 12.9. The van der Waals surface area contributed by atoms with Gasteiger partial charge in [-0.15, -0.1) is 0 Å². The van der Waals surface area contributed by atoms with Crippen molar-refractivity contribution in [2.75, 3.05) is 26.2 Å². The van der Waals surface area contributed by atoms with Crippen LogP contribution in [0.25, 0.3) is 0 Å². The van der Waals surface area contributed by atoms with Crippen LogP contribution in [0.1, 0.15) is 24.5 Å². The highest BCUT2D eigenvalue weighted by Gasteiger charge is 2.40. The molecule has 3 rings (SSSR count). The molecule has 0 aromatic heterocycles. The van der Waals surface area contributed by atoms with Crippen LogP contribution in [0.3, 0.4) is 0 Å². The summed E-state index contributed by atoms with van der Waals surface area (Å²) in [6, 6.07) is 7.54. The molecule has 0 aliphatic carbocycles. The summed E-state index contributed by atoms with van der Waals surface area (Å²) in [7, 11) is 0. The van der Waals surface area contributed by atoms with E-state index in [2.05, 4.69) is 0 Å². The van der Waals surface area contributed by atoms with E-state index in [0.717, 1.165) is 11.1 Å². The van der Waals surface area contributed by atoms with Crippen molar-refractivity contribution in [1.29, 1.82) is 0 Å². The predicted octanol–water partition coefficient (Wildman–Crippen LogP) is 0.787. The Morgan fingerprint density at radius 2 is 2.00 bits per heavy atom. The maximum Gasteiger partial charge on any atom is 0.246 e. The van der Waals surface area contributed by atoms with E-state index < -0.39 is 6.04 Å². The van der Waals surface area contributed by atoms with Crippen LogP contribution >= 0.6 is 0 Å². The number of fused-ring (bicyclic) bond motifs is 1. The van der Waals surface area contributed by atoms with E-state index in [-0.39, 0.29) is 24.3 Å². The minimum absolute atomic E-state index is 0.00800. The summed E-state index contributed by atoms with van der Waals surface area (Å²) in [6.45, 7) is 5.56. The highest BCUT2D eigenvalue weighted by atomic mass is 16.2. The summed E-state index contributed by atoms with van der Waals surface area (Å²) < 4.78 is 0. The summed E-state index contributed by atoms with van der Waals surface area (Å²) in [5, 5.41) is 0. The van der Waals surface area contributed by atoms with E-state index >= 15 is 0 Å². The Morgan fingerprint density at radius 1 is 1.21 bits per heavy atom. The third kappa shape index (κ3) is 3.27. The second-order valence-electron chi connectivity index (χ2n) is 6.58. The van der Waals surface area contributed by atoms with Gasteiger partial charge in [-0.1, -0.05) is 29.8 Å². The van der Waals surface area contributed by atoms with Crippen molar-refractivity contribution >= 4 is 17.7 Å². The molecule has 6 nitrogen and oxygen atoms in total. The Kier molecular flexibility index (Phi) is 4.55. The number of amides is 3. The van der Waals surface area contributed by atoms with Crippen LogP contribution in [0, 0.1) is 6.92 Å². The molecule has 0 bridgehead atoms. The van der Waals surface area contributed by atoms with Crippen LogP contribution in [0.5, 0.6) is 0 Å². The van der Waals surface area contributed by atoms with E-state index in [4.69, 9.17) is 0 Å². The molecule has 1 aromatic rings. The summed E-state index contributed by atoms with van der Waals surface area (Å²) in [5.41, 5.74) is 2.17. The first kappa shape index (κ1) is 16.5. The fourth-order valence-corrected chi connectivity index (χ4v) is 3.51. The minimum Gasteiger partial charge on any atom is -0.341 e. The molecule has 1 unspecified atom stereocenters. The van der Waals surface area contributed by atoms with E-state index in [1.54, 1.807) is 14.7 Å². The normalized spacial score (nSPS) is 21.6. The number of benzene rings is 1. The first-order valence-corrected chi connectivity index (χ1v) is 8.35. The number of carbonyl (C=O) groups is 3. The molecule has 2 aliphatic rings. The smallest absolute Gasteiger partial charge is 0.246 e. The average Bonchev–Trinajstić information content (AvgIpc) is 2.76. The van der Waals surface area contributed by atoms with Crippen molar-refractivity contribution in [2.45, 2.75) is 32.9 Å². The van der Waals surface area contributed by atoms with Gasteiger partial charge in [0.15, 0.2) is 0 Å². The third-order valence-corrected chi connectivity index (χ3v) is 4.80. The molecular formula is C18H23N3O3. The average molecular weight is 329 g/mol. The second-order valence-corrected chi connectivity index (χ2v) is 6.58. The molecule has 2 heterocycles. The first-order chi connectivity index (χ1) is 11.5. The summed E-state index contributed by atoms with van der Waals surface area (Å²) in [4.78, 5) is 41.9. The molecule has 2 aliphatic heterocycles. The Balaban J connectivity index is 1.76. The number of rotatable bonds is 2. The number of carbonyl (C=O) groups excluding carboxylic acids is 3. The molecule has 1 atom stereocenters. The molecule has 0 saturated carbocycles. The third-order valence-electron chi connectivity index (χ3n) is 4.80. The molecule has 1 aromatic carbocycles. The highest BCUT2D eigenvalue weighted by Crippen LogP contribution is 2.21. The fourth-order valence-electron chi connectivity index (χ4n) is 3.51. The van der Waals surface area contributed by atoms with Crippen molar-refractivity contribution in [3.8, 4) is 0 Å². The maximum atomic E-state index is 12.9. The second kappa shape index (κ2) is 6.63. The minimum atomic E-state index is -0.444. The van der Waals surface area contributed by atoms with Gasteiger partial charge in [0.1, 0.15) is 12.6 Å². The number of hydrogen-bond donors (Lipinski definition) is 0. The summed E-state index contributed by atoms with van der Waals surface area (Å²) in [5.74, 6) is -0.0504. The molecule has 6 heteroatoms. The number of aryl methyl sites for hydroxylation is 1. The number of piperazine rings is 1. The number of nitrogens with zero attached hydrogens (tertiary/aromatic N) is 3. The first-order valence-electron chi connectivity index (χ1n) is 8.35. The molecule has 2 fully saturated rings. The van der Waals surface area contributed by atoms with Crippen molar-refractivity contribution in [2.24, 2.45) is 0 Å². The van der Waals surface area contributed by atoms with Gasteiger partial charge in [0.2, 0.25) is 17.7 Å². The zero-order chi connectivity index (χ0) is 17.3. The van der Waals surface area contributed by atoms with Gasteiger partial charge in [-0.05, 0) is 18.9 Å². The highest BCUT2D eigenvalue weighted by molar-refractivity contribution is 5.95. The Hall–Kier alpha value is -2.37. The van der Waals surface area contributed by atoms with Crippen molar-refractivity contribution in [3.05, 3.63) is 35.4 Å². The van der Waals surface area contributed by atoms with Gasteiger partial charge in [0.25, 0.3) is 0 Å². The van der Waals surface area contributed by atoms with Crippen LogP contribution in [0.15, 0.2) is 24.3 Å². The van der Waals surface area contributed by atoms with Gasteiger partial charge < -0.3 is 14.7 Å². The quantitative estimate of drug-likeness (QED) is 0.806. The van der Waals surface area contributed by atoms with Crippen LogP contribution in [-0.2, 0) is 20.9 Å². The van der Waals surface area contributed by atoms with Crippen LogP contribution in [-0.4, -0.2) is 64.6 Å². The number of hydrogen-bond acceptors (Lipinski definition) is 3. The molecule has 24 heavy (non-hydrogen) atoms. The Morgan fingerprint density at radius 3 is 2.71 bits per heavy atom. The predicted molar refractivity (Wildman–Crippen MR) is 89.0 cm³/mol. The van der Waals surface area contributed by atoms with Crippen molar-refractivity contribution < 1.29 is 14.4 Å². The van der Waals surface area contributed by atoms with Gasteiger partial charge in [-0.3, -0.25) is 14.4 Å². The summed E-state index contributed by atoms with van der Waals surface area (Å²) >= 11 is 0. The molecule has 0 radical (unpaired) electrons.